The van der Waals surface area contributed by atoms with Gasteiger partial charge in [-0.2, -0.15) is 0 Å². The summed E-state index contributed by atoms with van der Waals surface area (Å²) in [7, 11) is -4.35. The van der Waals surface area contributed by atoms with Crippen LogP contribution in [0, 0.1) is 0 Å². The van der Waals surface area contributed by atoms with Crippen LogP contribution < -0.4 is 11.1 Å². The molecule has 0 aliphatic rings. The molecular weight excluding hydrogens is 683 g/mol. The van der Waals surface area contributed by atoms with Gasteiger partial charge in [-0.15, -0.1) is 0 Å². The third kappa shape index (κ3) is 38.5. The first-order valence-electron chi connectivity index (χ1n) is 21.8. The quantitative estimate of drug-likeness (QED) is 0.0277. The molecule has 0 rings (SSSR count). The summed E-state index contributed by atoms with van der Waals surface area (Å²) in [5.74, 6) is -0.214. The molecular formula is C44H83N2O6P. The summed E-state index contributed by atoms with van der Waals surface area (Å²) in [5.41, 5.74) is 5.37. The summed E-state index contributed by atoms with van der Waals surface area (Å²) in [6.07, 6.45) is 48.7. The van der Waals surface area contributed by atoms with Gasteiger partial charge in [0.15, 0.2) is 0 Å². The summed E-state index contributed by atoms with van der Waals surface area (Å²) in [6, 6.07) is -0.885. The lowest BCUT2D eigenvalue weighted by atomic mass is 10.1. The Balaban J connectivity index is 4.30. The number of unbranched alkanes of at least 4 members (excludes halogenated alkanes) is 22. The molecule has 0 saturated carbocycles. The van der Waals surface area contributed by atoms with Crippen LogP contribution in [0.15, 0.2) is 48.6 Å². The van der Waals surface area contributed by atoms with Crippen molar-refractivity contribution in [1.82, 2.24) is 5.32 Å². The van der Waals surface area contributed by atoms with Crippen LogP contribution in [0.1, 0.15) is 194 Å². The van der Waals surface area contributed by atoms with E-state index in [1.165, 1.54) is 128 Å². The number of nitrogens with one attached hydrogen (secondary N) is 1. The Morgan fingerprint density at radius 3 is 1.45 bits per heavy atom. The number of aliphatic hydroxyl groups excluding tert-OH is 1. The number of carbonyl (C=O) groups is 1. The van der Waals surface area contributed by atoms with Gasteiger partial charge in [0.1, 0.15) is 0 Å². The van der Waals surface area contributed by atoms with E-state index in [9.17, 15) is 19.4 Å². The summed E-state index contributed by atoms with van der Waals surface area (Å²) in [5, 5.41) is 13.6. The first-order valence-corrected chi connectivity index (χ1v) is 23.3. The van der Waals surface area contributed by atoms with Gasteiger partial charge in [0, 0.05) is 13.0 Å². The normalized spacial score (nSPS) is 14.6. The number of hydrogen-bond donors (Lipinski definition) is 4. The predicted molar refractivity (Wildman–Crippen MR) is 226 cm³/mol. The SMILES string of the molecule is CCCCCCCC/C=C/CC/C=C/CC/C=C/C(O)C(COP(=O)(O)OCCN)NC(=O)CCCCCCCCC/C=C\CCCCCCCCC. The molecule has 0 fully saturated rings. The van der Waals surface area contributed by atoms with E-state index in [0.717, 1.165) is 44.9 Å². The molecule has 1 amide bonds. The second kappa shape index (κ2) is 40.1. The molecule has 0 aliphatic carbocycles. The molecule has 3 unspecified atom stereocenters. The van der Waals surface area contributed by atoms with Crippen molar-refractivity contribution in [2.75, 3.05) is 19.8 Å². The van der Waals surface area contributed by atoms with Gasteiger partial charge in [-0.05, 0) is 70.6 Å². The number of hydrogen-bond acceptors (Lipinski definition) is 6. The first-order chi connectivity index (χ1) is 25.9. The summed E-state index contributed by atoms with van der Waals surface area (Å²) in [6.45, 7) is 4.09. The van der Waals surface area contributed by atoms with E-state index in [1.54, 1.807) is 6.08 Å². The number of phosphoric ester groups is 1. The van der Waals surface area contributed by atoms with Gasteiger partial charge in [0.2, 0.25) is 5.91 Å². The van der Waals surface area contributed by atoms with Crippen LogP contribution in [0.5, 0.6) is 0 Å². The molecule has 310 valence electrons. The van der Waals surface area contributed by atoms with E-state index in [-0.39, 0.29) is 25.7 Å². The van der Waals surface area contributed by atoms with Crippen LogP contribution in [0.3, 0.4) is 0 Å². The van der Waals surface area contributed by atoms with Gasteiger partial charge in [-0.1, -0.05) is 165 Å². The Labute approximate surface area is 326 Å². The second-order valence-electron chi connectivity index (χ2n) is 14.5. The van der Waals surface area contributed by atoms with E-state index in [0.29, 0.717) is 6.42 Å². The standard InChI is InChI=1S/C44H83N2O6P/c1-3-5-7-9-11-13-15-17-19-21-22-24-26-28-30-32-34-36-38-44(48)46-42(41-52-53(49,50)51-40-39-45)43(47)37-35-33-31-29-27-25-23-20-18-16-14-12-10-8-6-4-2/h18-21,27,29,35,37,42-43,47H,3-17,22-26,28,30-34,36,38-41,45H2,1-2H3,(H,46,48)(H,49,50)/b20-18+,21-19-,29-27+,37-35+. The summed E-state index contributed by atoms with van der Waals surface area (Å²) in [4.78, 5) is 22.7. The highest BCUT2D eigenvalue weighted by Crippen LogP contribution is 2.43. The molecule has 0 radical (unpaired) electrons. The largest absolute Gasteiger partial charge is 0.472 e. The zero-order valence-corrected chi connectivity index (χ0v) is 35.1. The van der Waals surface area contributed by atoms with Crippen molar-refractivity contribution in [2.24, 2.45) is 5.73 Å². The zero-order valence-electron chi connectivity index (χ0n) is 34.2. The van der Waals surface area contributed by atoms with Crippen LogP contribution in [-0.4, -0.2) is 47.8 Å². The molecule has 0 aromatic rings. The highest BCUT2D eigenvalue weighted by molar-refractivity contribution is 7.47. The van der Waals surface area contributed by atoms with Gasteiger partial charge >= 0.3 is 7.82 Å². The lowest BCUT2D eigenvalue weighted by molar-refractivity contribution is -0.123. The molecule has 0 bridgehead atoms. The Bertz CT molecular complexity index is 970. The number of aliphatic hydroxyl groups is 1. The Morgan fingerprint density at radius 1 is 0.604 bits per heavy atom. The lowest BCUT2D eigenvalue weighted by Gasteiger charge is -2.23. The Kier molecular flexibility index (Phi) is 39.0. The van der Waals surface area contributed by atoms with Crippen LogP contribution in [-0.2, 0) is 18.4 Å². The maximum absolute atomic E-state index is 12.7. The molecule has 5 N–H and O–H groups in total. The van der Waals surface area contributed by atoms with Gasteiger partial charge in [-0.3, -0.25) is 13.8 Å². The van der Waals surface area contributed by atoms with Crippen LogP contribution in [0.2, 0.25) is 0 Å². The summed E-state index contributed by atoms with van der Waals surface area (Å²) >= 11 is 0. The zero-order chi connectivity index (χ0) is 38.9. The molecule has 0 aromatic carbocycles. The van der Waals surface area contributed by atoms with E-state index in [1.807, 2.05) is 6.08 Å². The van der Waals surface area contributed by atoms with Crippen LogP contribution >= 0.6 is 7.82 Å². The second-order valence-corrected chi connectivity index (χ2v) is 16.0. The first kappa shape index (κ1) is 51.5. The fourth-order valence-electron chi connectivity index (χ4n) is 6.04. The fraction of sp³-hybridized carbons (Fsp3) is 0.795. The number of nitrogens with two attached hydrogens (primary N) is 1. The van der Waals surface area contributed by atoms with Crippen molar-refractivity contribution in [3.63, 3.8) is 0 Å². The fourth-order valence-corrected chi connectivity index (χ4v) is 6.80. The van der Waals surface area contributed by atoms with Crippen molar-refractivity contribution >= 4 is 13.7 Å². The molecule has 8 nitrogen and oxygen atoms in total. The predicted octanol–water partition coefficient (Wildman–Crippen LogP) is 12.1. The highest BCUT2D eigenvalue weighted by Gasteiger charge is 2.26. The molecule has 3 atom stereocenters. The van der Waals surface area contributed by atoms with Crippen molar-refractivity contribution in [2.45, 2.75) is 206 Å². The number of phosphoric acid groups is 1. The van der Waals surface area contributed by atoms with Crippen LogP contribution in [0.25, 0.3) is 0 Å². The smallest absolute Gasteiger partial charge is 0.387 e. The molecule has 9 heteroatoms. The van der Waals surface area contributed by atoms with Crippen molar-refractivity contribution in [3.8, 4) is 0 Å². The minimum atomic E-state index is -4.35. The molecule has 53 heavy (non-hydrogen) atoms. The third-order valence-corrected chi connectivity index (χ3v) is 10.3. The van der Waals surface area contributed by atoms with Gasteiger partial charge in [0.25, 0.3) is 0 Å². The number of rotatable bonds is 40. The Hall–Kier alpha value is -1.54. The van der Waals surface area contributed by atoms with Crippen molar-refractivity contribution in [1.29, 1.82) is 0 Å². The molecule has 0 saturated heterocycles. The van der Waals surface area contributed by atoms with Gasteiger partial charge < -0.3 is 21.1 Å². The number of carbonyl (C=O) groups excluding carboxylic acids is 1. The van der Waals surface area contributed by atoms with E-state index in [2.05, 4.69) is 55.6 Å². The Morgan fingerprint density at radius 2 is 1.00 bits per heavy atom. The third-order valence-electron chi connectivity index (χ3n) is 9.35. The monoisotopic (exact) mass is 767 g/mol. The average molecular weight is 767 g/mol. The van der Waals surface area contributed by atoms with Crippen LogP contribution in [0.4, 0.5) is 0 Å². The molecule has 0 aromatic heterocycles. The summed E-state index contributed by atoms with van der Waals surface area (Å²) < 4.78 is 22.1. The maximum atomic E-state index is 12.7. The van der Waals surface area contributed by atoms with Gasteiger partial charge in [-0.25, -0.2) is 4.57 Å². The van der Waals surface area contributed by atoms with E-state index < -0.39 is 20.0 Å². The number of amides is 1. The highest BCUT2D eigenvalue weighted by atomic mass is 31.2. The average Bonchev–Trinajstić information content (AvgIpc) is 3.14. The minimum Gasteiger partial charge on any atom is -0.387 e. The lowest BCUT2D eigenvalue weighted by Crippen LogP contribution is -2.45. The molecule has 0 spiro atoms. The van der Waals surface area contributed by atoms with E-state index in [4.69, 9.17) is 14.8 Å². The molecule has 0 heterocycles. The minimum absolute atomic E-state index is 0.0700. The van der Waals surface area contributed by atoms with Crippen molar-refractivity contribution in [3.05, 3.63) is 48.6 Å². The van der Waals surface area contributed by atoms with E-state index >= 15 is 0 Å². The van der Waals surface area contributed by atoms with Crippen molar-refractivity contribution < 1.29 is 28.4 Å². The topological polar surface area (TPSA) is 131 Å². The number of allylic oxidation sites excluding steroid dienone is 7. The van der Waals surface area contributed by atoms with Gasteiger partial charge in [0.05, 0.1) is 25.4 Å². The maximum Gasteiger partial charge on any atom is 0.472 e. The molecule has 0 aliphatic heterocycles.